The molecule has 12 rings (SSSR count). The Kier molecular flexibility index (Phi) is 10.7. The van der Waals surface area contributed by atoms with Crippen LogP contribution >= 0.6 is 0 Å². The molecule has 0 amide bonds. The highest BCUT2D eigenvalue weighted by molar-refractivity contribution is 6.07. The number of nitrogens with zero attached hydrogens (tertiary/aromatic N) is 1. The summed E-state index contributed by atoms with van der Waals surface area (Å²) in [7, 11) is 0. The zero-order valence-corrected chi connectivity index (χ0v) is 38.9. The maximum atomic E-state index is 2.46. The predicted octanol–water partition coefficient (Wildman–Crippen LogP) is 18.2. The third-order valence-electron chi connectivity index (χ3n) is 15.4. The molecule has 3 unspecified atom stereocenters. The summed E-state index contributed by atoms with van der Waals surface area (Å²) < 4.78 is 0. The van der Waals surface area contributed by atoms with Crippen LogP contribution in [0, 0.1) is 11.8 Å². The zero-order valence-electron chi connectivity index (χ0n) is 38.9. The van der Waals surface area contributed by atoms with E-state index in [9.17, 15) is 0 Å². The molecule has 3 atom stereocenters. The SMILES string of the molecule is CC1CCC(C(C)c2ccc(-c3ccc(N(c4cccc(-c5cccc6cccc(-c7ccccc7)c56)c4)c4ccc5c(c4)-c4ccccc4C5(c4ccccc4)c4ccccc4)cc3)cc2)C1. The Morgan fingerprint density at radius 3 is 1.60 bits per heavy atom. The minimum atomic E-state index is -0.465. The molecule has 1 nitrogen and oxygen atoms in total. The lowest BCUT2D eigenvalue weighted by atomic mass is 9.68. The van der Waals surface area contributed by atoms with Crippen molar-refractivity contribution in [3.8, 4) is 44.5 Å². The molecule has 0 heterocycles. The summed E-state index contributed by atoms with van der Waals surface area (Å²) in [5.74, 6) is 2.22. The summed E-state index contributed by atoms with van der Waals surface area (Å²) in [6, 6.07) is 90.4. The molecule has 328 valence electrons. The maximum absolute atomic E-state index is 2.46. The Morgan fingerprint density at radius 2 is 0.941 bits per heavy atom. The van der Waals surface area contributed by atoms with Crippen LogP contribution < -0.4 is 4.90 Å². The van der Waals surface area contributed by atoms with Crippen molar-refractivity contribution in [1.29, 1.82) is 0 Å². The molecule has 1 saturated carbocycles. The summed E-state index contributed by atoms with van der Waals surface area (Å²) in [5, 5.41) is 2.50. The number of fused-ring (bicyclic) bond motifs is 4. The van der Waals surface area contributed by atoms with Gasteiger partial charge >= 0.3 is 0 Å². The number of anilines is 3. The molecule has 10 aromatic carbocycles. The molecule has 68 heavy (non-hydrogen) atoms. The van der Waals surface area contributed by atoms with Crippen LogP contribution in [-0.2, 0) is 5.41 Å². The molecule has 0 bridgehead atoms. The molecular weight excluding hydrogens is 819 g/mol. The second kappa shape index (κ2) is 17.5. The van der Waals surface area contributed by atoms with E-state index in [-0.39, 0.29) is 0 Å². The number of benzene rings is 10. The fourth-order valence-electron chi connectivity index (χ4n) is 12.0. The van der Waals surface area contributed by atoms with Gasteiger partial charge in [-0.15, -0.1) is 0 Å². The fraction of sp³-hybridized carbons (Fsp3) is 0.134. The van der Waals surface area contributed by atoms with Crippen LogP contribution in [0.1, 0.15) is 66.8 Å². The minimum absolute atomic E-state index is 0.465. The summed E-state index contributed by atoms with van der Waals surface area (Å²) >= 11 is 0. The first kappa shape index (κ1) is 41.7. The lowest BCUT2D eigenvalue weighted by Crippen LogP contribution is -2.28. The van der Waals surface area contributed by atoms with Crippen LogP contribution in [0.2, 0.25) is 0 Å². The number of rotatable bonds is 10. The summed E-state index contributed by atoms with van der Waals surface area (Å²) in [4.78, 5) is 2.46. The Bertz CT molecular complexity index is 3340. The van der Waals surface area contributed by atoms with Gasteiger partial charge in [-0.05, 0) is 150 Å². The van der Waals surface area contributed by atoms with Gasteiger partial charge in [-0.2, -0.15) is 0 Å². The number of hydrogen-bond acceptors (Lipinski definition) is 1. The van der Waals surface area contributed by atoms with Gasteiger partial charge in [-0.3, -0.25) is 0 Å². The van der Waals surface area contributed by atoms with Crippen molar-refractivity contribution in [2.24, 2.45) is 11.8 Å². The standard InChI is InChI=1S/C67H55N/c1-46-31-32-53(43-46)47(2)48-33-35-49(36-34-48)50-37-39-57(40-38-50)68(58-26-14-21-54(44-58)61-29-16-20-52-19-15-28-60(66(52)61)51-17-6-3-7-18-51)59-41-42-65-63(45-59)62-27-12-13-30-64(62)67(65,55-22-8-4-9-23-55)56-24-10-5-11-25-56/h3-30,33-42,44-47,53H,31-32,43H2,1-2H3. The molecule has 0 aromatic heterocycles. The average molecular weight is 874 g/mol. The van der Waals surface area contributed by atoms with Crippen molar-refractivity contribution in [3.63, 3.8) is 0 Å². The third kappa shape index (κ3) is 7.17. The lowest BCUT2D eigenvalue weighted by molar-refractivity contribution is 0.443. The summed E-state index contributed by atoms with van der Waals surface area (Å²) in [5.41, 5.74) is 19.3. The van der Waals surface area contributed by atoms with Gasteiger partial charge in [0.05, 0.1) is 5.41 Å². The molecule has 2 aliphatic carbocycles. The highest BCUT2D eigenvalue weighted by Gasteiger charge is 2.46. The van der Waals surface area contributed by atoms with Crippen LogP contribution in [0.4, 0.5) is 17.1 Å². The van der Waals surface area contributed by atoms with Gasteiger partial charge in [-0.1, -0.05) is 227 Å². The van der Waals surface area contributed by atoms with Gasteiger partial charge in [-0.25, -0.2) is 0 Å². The molecule has 2 aliphatic rings. The van der Waals surface area contributed by atoms with Gasteiger partial charge in [0, 0.05) is 17.1 Å². The van der Waals surface area contributed by atoms with E-state index in [1.807, 2.05) is 0 Å². The monoisotopic (exact) mass is 873 g/mol. The molecule has 10 aromatic rings. The van der Waals surface area contributed by atoms with Crippen molar-refractivity contribution < 1.29 is 0 Å². The Hall–Kier alpha value is -7.74. The fourth-order valence-corrected chi connectivity index (χ4v) is 12.0. The average Bonchev–Trinajstić information content (AvgIpc) is 3.98. The van der Waals surface area contributed by atoms with Gasteiger partial charge in [0.15, 0.2) is 0 Å². The molecular formula is C67H55N. The first-order valence-electron chi connectivity index (χ1n) is 24.6. The molecule has 1 heteroatoms. The molecule has 0 spiro atoms. The van der Waals surface area contributed by atoms with Crippen molar-refractivity contribution in [2.45, 2.75) is 44.4 Å². The number of hydrogen-bond donors (Lipinski definition) is 0. The summed E-state index contributed by atoms with van der Waals surface area (Å²) in [6.45, 7) is 4.84. The van der Waals surface area contributed by atoms with E-state index in [4.69, 9.17) is 0 Å². The second-order valence-corrected chi connectivity index (χ2v) is 19.4. The van der Waals surface area contributed by atoms with Crippen LogP contribution in [0.25, 0.3) is 55.3 Å². The van der Waals surface area contributed by atoms with Crippen molar-refractivity contribution in [3.05, 3.63) is 270 Å². The molecule has 1 fully saturated rings. The molecule has 0 radical (unpaired) electrons. The van der Waals surface area contributed by atoms with Crippen molar-refractivity contribution >= 4 is 27.8 Å². The Morgan fingerprint density at radius 1 is 0.412 bits per heavy atom. The van der Waals surface area contributed by atoms with E-state index in [1.165, 1.54) is 102 Å². The Balaban J connectivity index is 1.01. The van der Waals surface area contributed by atoms with E-state index in [0.717, 1.165) is 28.9 Å². The lowest BCUT2D eigenvalue weighted by Gasteiger charge is -2.34. The van der Waals surface area contributed by atoms with Crippen LogP contribution in [0.3, 0.4) is 0 Å². The zero-order chi connectivity index (χ0) is 45.6. The van der Waals surface area contributed by atoms with Gasteiger partial charge in [0.1, 0.15) is 0 Å². The maximum Gasteiger partial charge on any atom is 0.0713 e. The summed E-state index contributed by atoms with van der Waals surface area (Å²) in [6.07, 6.45) is 4.05. The van der Waals surface area contributed by atoms with Gasteiger partial charge < -0.3 is 4.90 Å². The topological polar surface area (TPSA) is 3.24 Å². The quantitative estimate of drug-likeness (QED) is 0.132. The van der Waals surface area contributed by atoms with Crippen LogP contribution in [0.5, 0.6) is 0 Å². The second-order valence-electron chi connectivity index (χ2n) is 19.4. The molecule has 0 aliphatic heterocycles. The van der Waals surface area contributed by atoms with Crippen LogP contribution in [0.15, 0.2) is 243 Å². The van der Waals surface area contributed by atoms with E-state index in [1.54, 1.807) is 0 Å². The van der Waals surface area contributed by atoms with Gasteiger partial charge in [0.2, 0.25) is 0 Å². The van der Waals surface area contributed by atoms with Gasteiger partial charge in [0.25, 0.3) is 0 Å². The highest BCUT2D eigenvalue weighted by Crippen LogP contribution is 2.57. The minimum Gasteiger partial charge on any atom is -0.310 e. The van der Waals surface area contributed by atoms with Crippen molar-refractivity contribution in [2.75, 3.05) is 4.90 Å². The van der Waals surface area contributed by atoms with Crippen molar-refractivity contribution in [1.82, 2.24) is 0 Å². The smallest absolute Gasteiger partial charge is 0.0713 e. The normalized spacial score (nSPS) is 16.3. The third-order valence-corrected chi connectivity index (χ3v) is 15.4. The predicted molar refractivity (Wildman–Crippen MR) is 287 cm³/mol. The van der Waals surface area contributed by atoms with E-state index in [0.29, 0.717) is 5.92 Å². The highest BCUT2D eigenvalue weighted by atomic mass is 15.1. The largest absolute Gasteiger partial charge is 0.310 e. The molecule has 0 N–H and O–H groups in total. The molecule has 0 saturated heterocycles. The first-order chi connectivity index (χ1) is 33.5. The van der Waals surface area contributed by atoms with Crippen LogP contribution in [-0.4, -0.2) is 0 Å². The Labute approximate surface area is 402 Å². The van der Waals surface area contributed by atoms with E-state index < -0.39 is 5.41 Å². The van der Waals surface area contributed by atoms with E-state index in [2.05, 4.69) is 261 Å². The van der Waals surface area contributed by atoms with E-state index >= 15 is 0 Å². The first-order valence-corrected chi connectivity index (χ1v) is 24.6.